The second-order valence-corrected chi connectivity index (χ2v) is 4.80. The molecule has 2 aromatic carbocycles. The smallest absolute Gasteiger partial charge is 0.255 e. The Morgan fingerprint density at radius 1 is 1.04 bits per heavy atom. The zero-order valence-corrected chi connectivity index (χ0v) is 12.8. The number of halogens is 4. The first-order chi connectivity index (χ1) is 11.8. The van der Waals surface area contributed by atoms with Gasteiger partial charge in [-0.15, -0.1) is 0 Å². The van der Waals surface area contributed by atoms with Gasteiger partial charge in [-0.05, 0) is 30.3 Å². The van der Waals surface area contributed by atoms with E-state index >= 15 is 0 Å². The van der Waals surface area contributed by atoms with Gasteiger partial charge in [-0.25, -0.2) is 17.6 Å². The molecule has 25 heavy (non-hydrogen) atoms. The highest BCUT2D eigenvalue weighted by Crippen LogP contribution is 2.20. The Balaban J connectivity index is 2.02. The molecule has 0 aliphatic rings. The predicted octanol–water partition coefficient (Wildman–Crippen LogP) is 2.62. The van der Waals surface area contributed by atoms with E-state index < -0.39 is 47.3 Å². The van der Waals surface area contributed by atoms with Gasteiger partial charge in [-0.1, -0.05) is 0 Å². The van der Waals surface area contributed by atoms with Gasteiger partial charge in [-0.3, -0.25) is 9.59 Å². The first-order valence-electron chi connectivity index (χ1n) is 6.88. The Bertz CT molecular complexity index is 827. The average molecular weight is 356 g/mol. The maximum atomic E-state index is 13.5. The Hall–Kier alpha value is -3.10. The summed E-state index contributed by atoms with van der Waals surface area (Å²) in [6, 6.07) is 4.73. The Labute approximate surface area is 139 Å². The summed E-state index contributed by atoms with van der Waals surface area (Å²) >= 11 is 0. The molecular formula is C16H12F4N2O3. The van der Waals surface area contributed by atoms with Crippen molar-refractivity contribution in [2.24, 2.45) is 0 Å². The van der Waals surface area contributed by atoms with E-state index in [-0.39, 0.29) is 11.3 Å². The number of rotatable bonds is 5. The molecule has 0 atom stereocenters. The molecule has 0 saturated heterocycles. The SMILES string of the molecule is COc1ccc(F)cc1C(=O)NCC(=O)Nc1ccc(F)c(F)c1F. The normalized spacial score (nSPS) is 10.3. The molecule has 0 heterocycles. The molecule has 132 valence electrons. The Morgan fingerprint density at radius 2 is 1.76 bits per heavy atom. The molecule has 9 heteroatoms. The molecule has 0 spiro atoms. The van der Waals surface area contributed by atoms with Crippen LogP contribution in [0, 0.1) is 23.3 Å². The van der Waals surface area contributed by atoms with Crippen molar-refractivity contribution in [1.29, 1.82) is 0 Å². The lowest BCUT2D eigenvalue weighted by Gasteiger charge is -2.10. The predicted molar refractivity (Wildman–Crippen MR) is 80.2 cm³/mol. The fraction of sp³-hybridized carbons (Fsp3) is 0.125. The minimum Gasteiger partial charge on any atom is -0.496 e. The number of methoxy groups -OCH3 is 1. The van der Waals surface area contributed by atoms with Gasteiger partial charge >= 0.3 is 0 Å². The minimum atomic E-state index is -1.73. The fourth-order valence-electron chi connectivity index (χ4n) is 1.93. The highest BCUT2D eigenvalue weighted by molar-refractivity contribution is 6.00. The van der Waals surface area contributed by atoms with E-state index in [9.17, 15) is 27.2 Å². The van der Waals surface area contributed by atoms with E-state index in [4.69, 9.17) is 4.74 Å². The molecule has 0 fully saturated rings. The Kier molecular flexibility index (Phi) is 5.58. The van der Waals surface area contributed by atoms with Crippen LogP contribution in [-0.4, -0.2) is 25.5 Å². The third kappa shape index (κ3) is 4.25. The zero-order valence-electron chi connectivity index (χ0n) is 12.8. The molecule has 2 amide bonds. The van der Waals surface area contributed by atoms with Gasteiger partial charge in [0.05, 0.1) is 24.9 Å². The van der Waals surface area contributed by atoms with Crippen LogP contribution in [0.25, 0.3) is 0 Å². The van der Waals surface area contributed by atoms with Crippen LogP contribution in [0.15, 0.2) is 30.3 Å². The van der Waals surface area contributed by atoms with Crippen LogP contribution in [0.4, 0.5) is 23.2 Å². The number of carbonyl (C=O) groups is 2. The van der Waals surface area contributed by atoms with Crippen molar-refractivity contribution in [3.05, 3.63) is 59.2 Å². The molecule has 0 bridgehead atoms. The molecule has 2 rings (SSSR count). The number of anilines is 1. The van der Waals surface area contributed by atoms with E-state index in [1.165, 1.54) is 13.2 Å². The van der Waals surface area contributed by atoms with Crippen LogP contribution >= 0.6 is 0 Å². The van der Waals surface area contributed by atoms with Crippen molar-refractivity contribution in [2.75, 3.05) is 19.0 Å². The summed E-state index contributed by atoms with van der Waals surface area (Å²) in [5, 5.41) is 4.16. The van der Waals surface area contributed by atoms with Gasteiger partial charge in [0.25, 0.3) is 5.91 Å². The molecule has 2 N–H and O–H groups in total. The summed E-state index contributed by atoms with van der Waals surface area (Å²) < 4.78 is 57.5. The number of amides is 2. The molecule has 0 saturated carbocycles. The summed E-state index contributed by atoms with van der Waals surface area (Å²) in [5.41, 5.74) is -0.726. The van der Waals surface area contributed by atoms with Crippen LogP contribution < -0.4 is 15.4 Å². The number of benzene rings is 2. The number of hydrogen-bond donors (Lipinski definition) is 2. The molecule has 0 aliphatic heterocycles. The minimum absolute atomic E-state index is 0.0889. The van der Waals surface area contributed by atoms with Crippen molar-refractivity contribution in [3.8, 4) is 5.75 Å². The second-order valence-electron chi connectivity index (χ2n) is 4.80. The van der Waals surface area contributed by atoms with Crippen molar-refractivity contribution in [3.63, 3.8) is 0 Å². The second kappa shape index (κ2) is 7.65. The average Bonchev–Trinajstić information content (AvgIpc) is 2.60. The van der Waals surface area contributed by atoms with Gasteiger partial charge in [0.15, 0.2) is 17.5 Å². The number of hydrogen-bond acceptors (Lipinski definition) is 3. The first-order valence-corrected chi connectivity index (χ1v) is 6.88. The van der Waals surface area contributed by atoms with E-state index in [1.807, 2.05) is 5.32 Å². The van der Waals surface area contributed by atoms with Crippen molar-refractivity contribution >= 4 is 17.5 Å². The summed E-state index contributed by atoms with van der Waals surface area (Å²) in [5.74, 6) is -6.99. The van der Waals surface area contributed by atoms with Crippen molar-refractivity contribution in [1.82, 2.24) is 5.32 Å². The third-order valence-corrected chi connectivity index (χ3v) is 3.12. The molecule has 0 aromatic heterocycles. The largest absolute Gasteiger partial charge is 0.496 e. The summed E-state index contributed by atoms with van der Waals surface area (Å²) in [7, 11) is 1.28. The van der Waals surface area contributed by atoms with Crippen LogP contribution in [0.1, 0.15) is 10.4 Å². The van der Waals surface area contributed by atoms with Crippen LogP contribution in [0.5, 0.6) is 5.75 Å². The van der Waals surface area contributed by atoms with Crippen molar-refractivity contribution in [2.45, 2.75) is 0 Å². The Morgan fingerprint density at radius 3 is 2.44 bits per heavy atom. The molecule has 2 aromatic rings. The molecular weight excluding hydrogens is 344 g/mol. The maximum absolute atomic E-state index is 13.5. The van der Waals surface area contributed by atoms with Gasteiger partial charge in [0, 0.05) is 0 Å². The van der Waals surface area contributed by atoms with Crippen molar-refractivity contribution < 1.29 is 31.9 Å². The molecule has 0 aliphatic carbocycles. The standard InChI is InChI=1S/C16H12F4N2O3/c1-25-12-5-2-8(17)6-9(12)16(24)21-7-13(23)22-11-4-3-10(18)14(19)15(11)20/h2-6H,7H2,1H3,(H,21,24)(H,22,23). The molecule has 0 radical (unpaired) electrons. The summed E-state index contributed by atoms with van der Waals surface area (Å²) in [4.78, 5) is 23.7. The quantitative estimate of drug-likeness (QED) is 0.639. The van der Waals surface area contributed by atoms with Gasteiger partial charge < -0.3 is 15.4 Å². The molecule has 0 unspecified atom stereocenters. The number of nitrogens with one attached hydrogen (secondary N) is 2. The molecule has 5 nitrogen and oxygen atoms in total. The highest BCUT2D eigenvalue weighted by atomic mass is 19.2. The lowest BCUT2D eigenvalue weighted by atomic mass is 10.2. The lowest BCUT2D eigenvalue weighted by Crippen LogP contribution is -2.33. The highest BCUT2D eigenvalue weighted by Gasteiger charge is 2.17. The van der Waals surface area contributed by atoms with Gasteiger partial charge in [0.1, 0.15) is 11.6 Å². The van der Waals surface area contributed by atoms with Crippen LogP contribution in [0.3, 0.4) is 0 Å². The monoisotopic (exact) mass is 356 g/mol. The van der Waals surface area contributed by atoms with E-state index in [0.29, 0.717) is 6.07 Å². The van der Waals surface area contributed by atoms with Gasteiger partial charge in [-0.2, -0.15) is 0 Å². The maximum Gasteiger partial charge on any atom is 0.255 e. The topological polar surface area (TPSA) is 67.4 Å². The fourth-order valence-corrected chi connectivity index (χ4v) is 1.93. The third-order valence-electron chi connectivity index (χ3n) is 3.12. The lowest BCUT2D eigenvalue weighted by molar-refractivity contribution is -0.115. The van der Waals surface area contributed by atoms with Crippen LogP contribution in [-0.2, 0) is 4.79 Å². The van der Waals surface area contributed by atoms with Crippen LogP contribution in [0.2, 0.25) is 0 Å². The van der Waals surface area contributed by atoms with Gasteiger partial charge in [0.2, 0.25) is 5.91 Å². The summed E-state index contributed by atoms with van der Waals surface area (Å²) in [6.45, 7) is -0.614. The zero-order chi connectivity index (χ0) is 18.6. The first kappa shape index (κ1) is 18.2. The summed E-state index contributed by atoms with van der Waals surface area (Å²) in [6.07, 6.45) is 0. The van der Waals surface area contributed by atoms with E-state index in [2.05, 4.69) is 5.32 Å². The van der Waals surface area contributed by atoms with E-state index in [1.54, 1.807) is 0 Å². The number of carbonyl (C=O) groups excluding carboxylic acids is 2. The number of ether oxygens (including phenoxy) is 1. The van der Waals surface area contributed by atoms with E-state index in [0.717, 1.165) is 18.2 Å².